The van der Waals surface area contributed by atoms with Gasteiger partial charge in [0, 0.05) is 10.5 Å². The summed E-state index contributed by atoms with van der Waals surface area (Å²) in [5.74, 6) is 0.857. The quantitative estimate of drug-likeness (QED) is 0.375. The molecule has 0 amide bonds. The van der Waals surface area contributed by atoms with Crippen molar-refractivity contribution in [3.8, 4) is 0 Å². The summed E-state index contributed by atoms with van der Waals surface area (Å²) in [6, 6.07) is 0. The third-order valence-corrected chi connectivity index (χ3v) is 3.86. The smallest absolute Gasteiger partial charge is 0.0234 e. The van der Waals surface area contributed by atoms with Gasteiger partial charge in [-0.25, -0.2) is 0 Å². The van der Waals surface area contributed by atoms with E-state index in [0.29, 0.717) is 0 Å². The number of alkyl halides is 1. The molecule has 2 heteroatoms. The van der Waals surface area contributed by atoms with Gasteiger partial charge in [-0.2, -0.15) is 0 Å². The van der Waals surface area contributed by atoms with E-state index in [4.69, 9.17) is 0 Å². The fourth-order valence-corrected chi connectivity index (χ4v) is 2.49. The molecule has 0 aromatic carbocycles. The normalized spacial score (nSPS) is 16.0. The third-order valence-electron chi connectivity index (χ3n) is 2.80. The van der Waals surface area contributed by atoms with Crippen LogP contribution < -0.4 is 5.32 Å². The third kappa shape index (κ3) is 9.40. The summed E-state index contributed by atoms with van der Waals surface area (Å²) in [7, 11) is 2.03. The van der Waals surface area contributed by atoms with Crippen LogP contribution >= 0.6 is 22.6 Å². The van der Waals surface area contributed by atoms with E-state index in [1.165, 1.54) is 25.7 Å². The van der Waals surface area contributed by atoms with Crippen LogP contribution in [0.1, 0.15) is 39.5 Å². The molecular formula is C14H26IN. The highest BCUT2D eigenvalue weighted by Gasteiger charge is 2.08. The second-order valence-electron chi connectivity index (χ2n) is 4.20. The van der Waals surface area contributed by atoms with Crippen LogP contribution in [-0.2, 0) is 0 Å². The number of allylic oxidation sites excluding steroid dienone is 4. The average Bonchev–Trinajstić information content (AvgIpc) is 2.28. The van der Waals surface area contributed by atoms with Crippen LogP contribution in [0.15, 0.2) is 24.3 Å². The molecule has 0 aliphatic carbocycles. The Hall–Kier alpha value is 0.170. The molecule has 1 N–H and O–H groups in total. The summed E-state index contributed by atoms with van der Waals surface area (Å²) in [5, 5.41) is 3.24. The minimum Gasteiger partial charge on any atom is -0.319 e. The first kappa shape index (κ1) is 16.2. The number of hydrogen-bond acceptors (Lipinski definition) is 1. The predicted octanol–water partition coefficient (Wildman–Crippen LogP) is 4.34. The van der Waals surface area contributed by atoms with E-state index in [0.717, 1.165) is 16.4 Å². The van der Waals surface area contributed by atoms with Crippen LogP contribution in [0.3, 0.4) is 0 Å². The number of halogens is 1. The maximum atomic E-state index is 3.24. The van der Waals surface area contributed by atoms with Crippen molar-refractivity contribution >= 4 is 22.6 Å². The molecule has 0 rings (SSSR count). The van der Waals surface area contributed by atoms with Crippen LogP contribution in [0, 0.1) is 5.92 Å². The molecular weight excluding hydrogens is 309 g/mol. The lowest BCUT2D eigenvalue weighted by Crippen LogP contribution is -2.19. The van der Waals surface area contributed by atoms with Gasteiger partial charge in [-0.1, -0.05) is 60.2 Å². The molecule has 0 aliphatic heterocycles. The molecule has 0 saturated heterocycles. The Morgan fingerprint density at radius 3 is 2.56 bits per heavy atom. The summed E-state index contributed by atoms with van der Waals surface area (Å²) in [6.45, 7) is 5.49. The zero-order valence-corrected chi connectivity index (χ0v) is 13.0. The molecule has 0 fully saturated rings. The summed E-state index contributed by atoms with van der Waals surface area (Å²) in [4.78, 5) is 0. The van der Waals surface area contributed by atoms with Crippen LogP contribution in [0.5, 0.6) is 0 Å². The Morgan fingerprint density at radius 2 is 2.00 bits per heavy atom. The zero-order chi connectivity index (χ0) is 12.2. The van der Waals surface area contributed by atoms with E-state index in [1.54, 1.807) is 0 Å². The average molecular weight is 335 g/mol. The Labute approximate surface area is 115 Å². The zero-order valence-electron chi connectivity index (χ0n) is 10.9. The van der Waals surface area contributed by atoms with Gasteiger partial charge in [0.25, 0.3) is 0 Å². The Balaban J connectivity index is 3.74. The van der Waals surface area contributed by atoms with Gasteiger partial charge in [-0.3, -0.25) is 0 Å². The molecule has 1 nitrogen and oxygen atoms in total. The van der Waals surface area contributed by atoms with Gasteiger partial charge in [-0.15, -0.1) is 0 Å². The topological polar surface area (TPSA) is 12.0 Å². The molecule has 0 aromatic rings. The Morgan fingerprint density at radius 1 is 1.25 bits per heavy atom. The van der Waals surface area contributed by atoms with Gasteiger partial charge in [0.2, 0.25) is 0 Å². The molecule has 0 bridgehead atoms. The van der Waals surface area contributed by atoms with Crippen LogP contribution in [0.2, 0.25) is 0 Å². The first-order valence-electron chi connectivity index (χ1n) is 6.31. The van der Waals surface area contributed by atoms with E-state index in [9.17, 15) is 0 Å². The number of rotatable bonds is 9. The molecule has 0 saturated carbocycles. The van der Waals surface area contributed by atoms with Gasteiger partial charge in [0.1, 0.15) is 0 Å². The molecule has 2 atom stereocenters. The SMILES string of the molecule is C/C=C\C=C/CC(CC)CCC(I)CNC. The van der Waals surface area contributed by atoms with Crippen molar-refractivity contribution in [2.45, 2.75) is 43.5 Å². The second kappa shape index (κ2) is 11.6. The maximum absolute atomic E-state index is 3.24. The van der Waals surface area contributed by atoms with Gasteiger partial charge in [0.05, 0.1) is 0 Å². The van der Waals surface area contributed by atoms with Crippen molar-refractivity contribution in [2.75, 3.05) is 13.6 Å². The number of nitrogens with one attached hydrogen (secondary N) is 1. The molecule has 0 spiro atoms. The van der Waals surface area contributed by atoms with Crippen LogP contribution in [0.4, 0.5) is 0 Å². The highest BCUT2D eigenvalue weighted by molar-refractivity contribution is 14.1. The standard InChI is InChI=1S/C14H26IN/c1-4-6-7-8-9-13(5-2)10-11-14(15)12-16-3/h4,6-8,13-14,16H,5,9-12H2,1-3H3/b6-4-,8-7-. The van der Waals surface area contributed by atoms with Crippen molar-refractivity contribution in [1.82, 2.24) is 5.32 Å². The van der Waals surface area contributed by atoms with E-state index in [1.807, 2.05) is 7.05 Å². The lowest BCUT2D eigenvalue weighted by molar-refractivity contribution is 0.456. The fraction of sp³-hybridized carbons (Fsp3) is 0.714. The Bertz CT molecular complexity index is 199. The second-order valence-corrected chi connectivity index (χ2v) is 5.96. The molecule has 0 aromatic heterocycles. The van der Waals surface area contributed by atoms with Crippen molar-refractivity contribution < 1.29 is 0 Å². The lowest BCUT2D eigenvalue weighted by atomic mass is 9.95. The summed E-state index contributed by atoms with van der Waals surface area (Å²) in [6.07, 6.45) is 13.8. The van der Waals surface area contributed by atoms with Crippen molar-refractivity contribution in [2.24, 2.45) is 5.92 Å². The highest BCUT2D eigenvalue weighted by atomic mass is 127. The number of hydrogen-bond donors (Lipinski definition) is 1. The van der Waals surface area contributed by atoms with E-state index < -0.39 is 0 Å². The van der Waals surface area contributed by atoms with Gasteiger partial charge in [0.15, 0.2) is 0 Å². The molecule has 0 radical (unpaired) electrons. The van der Waals surface area contributed by atoms with Crippen LogP contribution in [-0.4, -0.2) is 17.5 Å². The molecule has 2 unspecified atom stereocenters. The maximum Gasteiger partial charge on any atom is 0.0234 e. The van der Waals surface area contributed by atoms with E-state index >= 15 is 0 Å². The van der Waals surface area contributed by atoms with E-state index in [2.05, 4.69) is 66.1 Å². The molecule has 16 heavy (non-hydrogen) atoms. The predicted molar refractivity (Wildman–Crippen MR) is 83.3 cm³/mol. The molecule has 0 heterocycles. The lowest BCUT2D eigenvalue weighted by Gasteiger charge is -2.15. The minimum absolute atomic E-state index is 0.774. The molecule has 94 valence electrons. The monoisotopic (exact) mass is 335 g/mol. The fourth-order valence-electron chi connectivity index (χ4n) is 1.69. The van der Waals surface area contributed by atoms with Gasteiger partial charge < -0.3 is 5.32 Å². The van der Waals surface area contributed by atoms with Crippen LogP contribution in [0.25, 0.3) is 0 Å². The summed E-state index contributed by atoms with van der Waals surface area (Å²) < 4.78 is 0.774. The van der Waals surface area contributed by atoms with Crippen molar-refractivity contribution in [3.05, 3.63) is 24.3 Å². The first-order valence-corrected chi connectivity index (χ1v) is 7.55. The first-order chi connectivity index (χ1) is 7.74. The minimum atomic E-state index is 0.774. The van der Waals surface area contributed by atoms with Gasteiger partial charge >= 0.3 is 0 Å². The van der Waals surface area contributed by atoms with Crippen molar-refractivity contribution in [3.63, 3.8) is 0 Å². The summed E-state index contributed by atoms with van der Waals surface area (Å²) >= 11 is 2.55. The highest BCUT2D eigenvalue weighted by Crippen LogP contribution is 2.19. The Kier molecular flexibility index (Phi) is 11.8. The van der Waals surface area contributed by atoms with Crippen molar-refractivity contribution in [1.29, 1.82) is 0 Å². The summed E-state index contributed by atoms with van der Waals surface area (Å²) in [5.41, 5.74) is 0. The van der Waals surface area contributed by atoms with Gasteiger partial charge in [-0.05, 0) is 39.2 Å². The molecule has 0 aliphatic rings. The van der Waals surface area contributed by atoms with E-state index in [-0.39, 0.29) is 0 Å². The largest absolute Gasteiger partial charge is 0.319 e.